The van der Waals surface area contributed by atoms with Gasteiger partial charge >= 0.3 is 0 Å². The quantitative estimate of drug-likeness (QED) is 0.674. The minimum Gasteiger partial charge on any atom is -0.488 e. The number of anilines is 1. The van der Waals surface area contributed by atoms with Crippen LogP contribution in [0.5, 0.6) is 11.5 Å². The number of para-hydroxylation sites is 2. The van der Waals surface area contributed by atoms with E-state index >= 15 is 0 Å². The lowest BCUT2D eigenvalue weighted by molar-refractivity contribution is 0.218. The van der Waals surface area contributed by atoms with Gasteiger partial charge in [0.25, 0.3) is 0 Å². The van der Waals surface area contributed by atoms with Gasteiger partial charge in [0, 0.05) is 0 Å². The molecule has 0 radical (unpaired) electrons. The molecule has 3 nitrogen and oxygen atoms in total. The summed E-state index contributed by atoms with van der Waals surface area (Å²) in [7, 11) is 0. The molecule has 2 aromatic carbocycles. The van der Waals surface area contributed by atoms with E-state index in [1.54, 1.807) is 12.1 Å². The molecule has 0 atom stereocenters. The molecule has 100 valence electrons. The standard InChI is InChI=1S/C14H13ClFNO2/c15-11-9-10(16)5-6-13(11)18-7-8-19-14-4-2-1-3-12(14)17/h1-6,9H,7-8,17H2. The van der Waals surface area contributed by atoms with Crippen LogP contribution in [0.3, 0.4) is 0 Å². The maximum atomic E-state index is 12.8. The Kier molecular flexibility index (Phi) is 4.47. The maximum Gasteiger partial charge on any atom is 0.142 e. The number of hydrogen-bond donors (Lipinski definition) is 1. The van der Waals surface area contributed by atoms with Gasteiger partial charge < -0.3 is 15.2 Å². The second-order valence-electron chi connectivity index (χ2n) is 3.81. The monoisotopic (exact) mass is 281 g/mol. The molecule has 2 N–H and O–H groups in total. The SMILES string of the molecule is Nc1ccccc1OCCOc1ccc(F)cc1Cl. The average molecular weight is 282 g/mol. The fourth-order valence-corrected chi connectivity index (χ4v) is 1.73. The van der Waals surface area contributed by atoms with Crippen molar-refractivity contribution in [2.75, 3.05) is 18.9 Å². The van der Waals surface area contributed by atoms with Gasteiger partial charge in [-0.2, -0.15) is 0 Å². The van der Waals surface area contributed by atoms with E-state index in [2.05, 4.69) is 0 Å². The van der Waals surface area contributed by atoms with Crippen molar-refractivity contribution in [1.82, 2.24) is 0 Å². The molecule has 0 aliphatic heterocycles. The summed E-state index contributed by atoms with van der Waals surface area (Å²) in [6, 6.07) is 11.2. The van der Waals surface area contributed by atoms with Crippen LogP contribution in [0.15, 0.2) is 42.5 Å². The zero-order chi connectivity index (χ0) is 13.7. The van der Waals surface area contributed by atoms with Crippen molar-refractivity contribution >= 4 is 17.3 Å². The minimum absolute atomic E-state index is 0.235. The van der Waals surface area contributed by atoms with Crippen molar-refractivity contribution in [3.8, 4) is 11.5 Å². The number of benzene rings is 2. The molecule has 0 bridgehead atoms. The Morgan fingerprint density at radius 2 is 1.68 bits per heavy atom. The van der Waals surface area contributed by atoms with Crippen molar-refractivity contribution in [2.24, 2.45) is 0 Å². The molecule has 0 aliphatic carbocycles. The van der Waals surface area contributed by atoms with E-state index in [9.17, 15) is 4.39 Å². The summed E-state index contributed by atoms with van der Waals surface area (Å²) >= 11 is 5.82. The van der Waals surface area contributed by atoms with E-state index in [4.69, 9.17) is 26.8 Å². The van der Waals surface area contributed by atoms with Crippen LogP contribution in [-0.2, 0) is 0 Å². The zero-order valence-electron chi connectivity index (χ0n) is 10.1. The van der Waals surface area contributed by atoms with Crippen LogP contribution in [0, 0.1) is 5.82 Å². The molecule has 2 rings (SSSR count). The fraction of sp³-hybridized carbons (Fsp3) is 0.143. The number of ether oxygens (including phenoxy) is 2. The summed E-state index contributed by atoms with van der Waals surface area (Å²) in [5.41, 5.74) is 6.30. The molecular formula is C14H13ClFNO2. The van der Waals surface area contributed by atoms with Gasteiger partial charge in [-0.1, -0.05) is 23.7 Å². The lowest BCUT2D eigenvalue weighted by Gasteiger charge is -2.10. The first-order valence-corrected chi connectivity index (χ1v) is 6.10. The number of rotatable bonds is 5. The summed E-state index contributed by atoms with van der Waals surface area (Å²) in [4.78, 5) is 0. The third-order valence-corrected chi connectivity index (χ3v) is 2.71. The fourth-order valence-electron chi connectivity index (χ4n) is 1.51. The summed E-state index contributed by atoms with van der Waals surface area (Å²) in [6.07, 6.45) is 0. The van der Waals surface area contributed by atoms with Gasteiger partial charge in [0.1, 0.15) is 30.5 Å². The molecule has 0 unspecified atom stereocenters. The lowest BCUT2D eigenvalue weighted by atomic mass is 10.3. The number of nitrogen functional groups attached to an aromatic ring is 1. The van der Waals surface area contributed by atoms with Crippen molar-refractivity contribution in [3.63, 3.8) is 0 Å². The van der Waals surface area contributed by atoms with Gasteiger partial charge in [-0.3, -0.25) is 0 Å². The zero-order valence-corrected chi connectivity index (χ0v) is 10.9. The first-order valence-electron chi connectivity index (χ1n) is 5.72. The van der Waals surface area contributed by atoms with Gasteiger partial charge in [0.15, 0.2) is 0 Å². The topological polar surface area (TPSA) is 44.5 Å². The Labute approximate surface area is 115 Å². The molecule has 2 aromatic rings. The van der Waals surface area contributed by atoms with Crippen LogP contribution >= 0.6 is 11.6 Å². The molecule has 0 aromatic heterocycles. The number of nitrogens with two attached hydrogens (primary N) is 1. The van der Waals surface area contributed by atoms with Crippen LogP contribution in [0.4, 0.5) is 10.1 Å². The second-order valence-corrected chi connectivity index (χ2v) is 4.22. The first kappa shape index (κ1) is 13.5. The molecule has 0 aliphatic rings. The summed E-state index contributed by atoms with van der Waals surface area (Å²) < 4.78 is 23.7. The normalized spacial score (nSPS) is 10.2. The van der Waals surface area contributed by atoms with Crippen molar-refractivity contribution in [3.05, 3.63) is 53.3 Å². The second kappa shape index (κ2) is 6.29. The first-order chi connectivity index (χ1) is 9.16. The Morgan fingerprint density at radius 1 is 1.00 bits per heavy atom. The molecule has 0 saturated heterocycles. The van der Waals surface area contributed by atoms with E-state index in [1.165, 1.54) is 18.2 Å². The van der Waals surface area contributed by atoms with E-state index in [1.807, 2.05) is 12.1 Å². The molecule has 19 heavy (non-hydrogen) atoms. The van der Waals surface area contributed by atoms with Gasteiger partial charge in [0.2, 0.25) is 0 Å². The number of halogens is 2. The minimum atomic E-state index is -0.398. The van der Waals surface area contributed by atoms with E-state index in [0.717, 1.165) is 0 Å². The summed E-state index contributed by atoms with van der Waals surface area (Å²) in [5, 5.41) is 0.235. The van der Waals surface area contributed by atoms with Crippen molar-refractivity contribution < 1.29 is 13.9 Å². The highest BCUT2D eigenvalue weighted by Gasteiger charge is 2.03. The largest absolute Gasteiger partial charge is 0.488 e. The van der Waals surface area contributed by atoms with Gasteiger partial charge in [-0.05, 0) is 30.3 Å². The molecule has 0 amide bonds. The predicted molar refractivity (Wildman–Crippen MR) is 73.3 cm³/mol. The maximum absolute atomic E-state index is 12.8. The molecule has 0 heterocycles. The Morgan fingerprint density at radius 3 is 2.37 bits per heavy atom. The van der Waals surface area contributed by atoms with Crippen molar-refractivity contribution in [2.45, 2.75) is 0 Å². The van der Waals surface area contributed by atoms with Gasteiger partial charge in [0.05, 0.1) is 10.7 Å². The molecule has 5 heteroatoms. The highest BCUT2D eigenvalue weighted by atomic mass is 35.5. The Balaban J connectivity index is 1.83. The van der Waals surface area contributed by atoms with Crippen molar-refractivity contribution in [1.29, 1.82) is 0 Å². The van der Waals surface area contributed by atoms with E-state index in [-0.39, 0.29) is 5.02 Å². The van der Waals surface area contributed by atoms with Crippen LogP contribution in [-0.4, -0.2) is 13.2 Å². The summed E-state index contributed by atoms with van der Waals surface area (Å²) in [5.74, 6) is 0.634. The highest BCUT2D eigenvalue weighted by Crippen LogP contribution is 2.25. The smallest absolute Gasteiger partial charge is 0.142 e. The summed E-state index contributed by atoms with van der Waals surface area (Å²) in [6.45, 7) is 0.613. The van der Waals surface area contributed by atoms with Gasteiger partial charge in [-0.15, -0.1) is 0 Å². The van der Waals surface area contributed by atoms with Crippen LogP contribution in [0.25, 0.3) is 0 Å². The third-order valence-electron chi connectivity index (χ3n) is 2.41. The lowest BCUT2D eigenvalue weighted by Crippen LogP contribution is -2.10. The Hall–Kier alpha value is -1.94. The Bertz CT molecular complexity index is 563. The molecule has 0 spiro atoms. The number of hydrogen-bond acceptors (Lipinski definition) is 3. The molecule has 0 saturated carbocycles. The van der Waals surface area contributed by atoms with E-state index in [0.29, 0.717) is 30.4 Å². The average Bonchev–Trinajstić information content (AvgIpc) is 2.38. The van der Waals surface area contributed by atoms with Crippen LogP contribution < -0.4 is 15.2 Å². The van der Waals surface area contributed by atoms with Crippen LogP contribution in [0.1, 0.15) is 0 Å². The van der Waals surface area contributed by atoms with E-state index < -0.39 is 5.82 Å². The third kappa shape index (κ3) is 3.76. The predicted octanol–water partition coefficient (Wildman–Crippen LogP) is 3.52. The van der Waals surface area contributed by atoms with Gasteiger partial charge in [-0.25, -0.2) is 4.39 Å². The highest BCUT2D eigenvalue weighted by molar-refractivity contribution is 6.32. The van der Waals surface area contributed by atoms with Crippen LogP contribution in [0.2, 0.25) is 5.02 Å². The molecule has 0 fully saturated rings. The molecular weight excluding hydrogens is 269 g/mol.